The Morgan fingerprint density at radius 2 is 1.83 bits per heavy atom. The van der Waals surface area contributed by atoms with Crippen molar-refractivity contribution in [2.45, 2.75) is 39.3 Å². The molecule has 0 saturated carbocycles. The van der Waals surface area contributed by atoms with Crippen LogP contribution >= 0.6 is 0 Å². The summed E-state index contributed by atoms with van der Waals surface area (Å²) in [6.07, 6.45) is -3.54. The van der Waals surface area contributed by atoms with Gasteiger partial charge in [0.15, 0.2) is 0 Å². The fourth-order valence-electron chi connectivity index (χ4n) is 2.17. The first kappa shape index (κ1) is 15.3. The van der Waals surface area contributed by atoms with E-state index in [9.17, 15) is 18.0 Å². The molecule has 0 aliphatic carbocycles. The molecule has 1 aliphatic rings. The first-order chi connectivity index (χ1) is 8.24. The molecule has 0 spiro atoms. The Morgan fingerprint density at radius 1 is 1.33 bits per heavy atom. The lowest BCUT2D eigenvalue weighted by Gasteiger charge is -2.38. The van der Waals surface area contributed by atoms with Crippen molar-refractivity contribution in [3.63, 3.8) is 0 Å². The molecule has 1 saturated heterocycles. The van der Waals surface area contributed by atoms with Crippen molar-refractivity contribution in [3.05, 3.63) is 0 Å². The molecular formula is C12H21F3N2O. The Balaban J connectivity index is 2.61. The van der Waals surface area contributed by atoms with Gasteiger partial charge in [-0.05, 0) is 26.2 Å². The summed E-state index contributed by atoms with van der Waals surface area (Å²) in [6.45, 7) is 4.22. The molecule has 1 aliphatic heterocycles. The highest BCUT2D eigenvalue weighted by Crippen LogP contribution is 2.35. The van der Waals surface area contributed by atoms with E-state index < -0.39 is 17.5 Å². The Bertz CT molecular complexity index is 292. The number of nitrogens with two attached hydrogens (primary N) is 1. The Labute approximate surface area is 106 Å². The van der Waals surface area contributed by atoms with Gasteiger partial charge in [0.2, 0.25) is 5.91 Å². The number of nitrogens with zero attached hydrogens (tertiary/aromatic N) is 1. The predicted molar refractivity (Wildman–Crippen MR) is 62.8 cm³/mol. The fraction of sp³-hybridized carbons (Fsp3) is 0.917. The number of alkyl halides is 3. The molecule has 106 valence electrons. The van der Waals surface area contributed by atoms with Gasteiger partial charge in [-0.2, -0.15) is 13.2 Å². The van der Waals surface area contributed by atoms with Crippen LogP contribution < -0.4 is 5.73 Å². The summed E-state index contributed by atoms with van der Waals surface area (Å²) in [7, 11) is 0. The van der Waals surface area contributed by atoms with Gasteiger partial charge in [0, 0.05) is 19.6 Å². The van der Waals surface area contributed by atoms with E-state index in [2.05, 4.69) is 0 Å². The standard InChI is InChI=1S/C12H21F3N2O/c1-3-11(2,8-16)10(18)17-6-4-9(5-7-17)12(13,14)15/h9H,3-8,16H2,1-2H3. The van der Waals surface area contributed by atoms with E-state index in [-0.39, 0.29) is 38.4 Å². The van der Waals surface area contributed by atoms with Gasteiger partial charge in [0.25, 0.3) is 0 Å². The molecule has 1 fully saturated rings. The van der Waals surface area contributed by atoms with Crippen LogP contribution in [0.3, 0.4) is 0 Å². The molecule has 2 N–H and O–H groups in total. The van der Waals surface area contributed by atoms with Crippen molar-refractivity contribution in [2.24, 2.45) is 17.1 Å². The summed E-state index contributed by atoms with van der Waals surface area (Å²) in [5, 5.41) is 0. The highest BCUT2D eigenvalue weighted by Gasteiger charge is 2.43. The average molecular weight is 266 g/mol. The third-order valence-corrected chi connectivity index (χ3v) is 3.99. The van der Waals surface area contributed by atoms with E-state index in [1.807, 2.05) is 6.92 Å². The Hall–Kier alpha value is -0.780. The van der Waals surface area contributed by atoms with Crippen LogP contribution in [0.25, 0.3) is 0 Å². The van der Waals surface area contributed by atoms with Gasteiger partial charge in [0.05, 0.1) is 11.3 Å². The molecule has 1 unspecified atom stereocenters. The molecule has 3 nitrogen and oxygen atoms in total. The lowest BCUT2D eigenvalue weighted by molar-refractivity contribution is -0.187. The number of hydrogen-bond acceptors (Lipinski definition) is 2. The summed E-state index contributed by atoms with van der Waals surface area (Å²) in [5.41, 5.74) is 4.95. The second-order valence-electron chi connectivity index (χ2n) is 5.23. The molecule has 0 radical (unpaired) electrons. The van der Waals surface area contributed by atoms with Gasteiger partial charge in [0.1, 0.15) is 0 Å². The van der Waals surface area contributed by atoms with Crippen molar-refractivity contribution in [1.82, 2.24) is 4.90 Å². The first-order valence-electron chi connectivity index (χ1n) is 6.30. The van der Waals surface area contributed by atoms with Crippen LogP contribution in [0.2, 0.25) is 0 Å². The molecule has 0 aromatic carbocycles. The molecule has 1 amide bonds. The maximum Gasteiger partial charge on any atom is 0.391 e. The minimum Gasteiger partial charge on any atom is -0.342 e. The van der Waals surface area contributed by atoms with E-state index in [0.29, 0.717) is 6.42 Å². The molecular weight excluding hydrogens is 245 g/mol. The zero-order chi connectivity index (χ0) is 14.0. The fourth-order valence-corrected chi connectivity index (χ4v) is 2.17. The second-order valence-corrected chi connectivity index (χ2v) is 5.23. The quantitative estimate of drug-likeness (QED) is 0.851. The minimum atomic E-state index is -4.14. The smallest absolute Gasteiger partial charge is 0.342 e. The molecule has 0 aromatic rings. The minimum absolute atomic E-state index is 0.000391. The van der Waals surface area contributed by atoms with Crippen LogP contribution in [0.15, 0.2) is 0 Å². The number of rotatable bonds is 3. The number of carbonyl (C=O) groups excluding carboxylic acids is 1. The average Bonchev–Trinajstić information content (AvgIpc) is 2.36. The zero-order valence-corrected chi connectivity index (χ0v) is 10.9. The highest BCUT2D eigenvalue weighted by molar-refractivity contribution is 5.82. The van der Waals surface area contributed by atoms with E-state index in [1.165, 1.54) is 4.90 Å². The van der Waals surface area contributed by atoms with Crippen LogP contribution in [0.4, 0.5) is 13.2 Å². The molecule has 1 rings (SSSR count). The topological polar surface area (TPSA) is 46.3 Å². The predicted octanol–water partition coefficient (Wildman–Crippen LogP) is 2.16. The number of amides is 1. The maximum absolute atomic E-state index is 12.5. The zero-order valence-electron chi connectivity index (χ0n) is 10.9. The molecule has 0 aromatic heterocycles. The summed E-state index contributed by atoms with van der Waals surface area (Å²) >= 11 is 0. The van der Waals surface area contributed by atoms with Gasteiger partial charge in [-0.1, -0.05) is 6.92 Å². The Morgan fingerprint density at radius 3 is 2.17 bits per heavy atom. The van der Waals surface area contributed by atoms with Crippen molar-refractivity contribution in [2.75, 3.05) is 19.6 Å². The lowest BCUT2D eigenvalue weighted by Crippen LogP contribution is -2.50. The van der Waals surface area contributed by atoms with Crippen molar-refractivity contribution >= 4 is 5.91 Å². The van der Waals surface area contributed by atoms with Crippen LogP contribution in [-0.2, 0) is 4.79 Å². The number of piperidine rings is 1. The summed E-state index contributed by atoms with van der Waals surface area (Å²) < 4.78 is 37.5. The number of halogens is 3. The number of hydrogen-bond donors (Lipinski definition) is 1. The largest absolute Gasteiger partial charge is 0.391 e. The van der Waals surface area contributed by atoms with Crippen LogP contribution in [0.5, 0.6) is 0 Å². The van der Waals surface area contributed by atoms with E-state index >= 15 is 0 Å². The number of carbonyl (C=O) groups is 1. The van der Waals surface area contributed by atoms with E-state index in [0.717, 1.165) is 0 Å². The molecule has 1 atom stereocenters. The molecule has 6 heteroatoms. The monoisotopic (exact) mass is 266 g/mol. The van der Waals surface area contributed by atoms with Gasteiger partial charge in [-0.3, -0.25) is 4.79 Å². The van der Waals surface area contributed by atoms with E-state index in [4.69, 9.17) is 5.73 Å². The molecule has 18 heavy (non-hydrogen) atoms. The van der Waals surface area contributed by atoms with Gasteiger partial charge in [-0.25, -0.2) is 0 Å². The Kier molecular flexibility index (Phi) is 4.64. The maximum atomic E-state index is 12.5. The van der Waals surface area contributed by atoms with Gasteiger partial charge < -0.3 is 10.6 Å². The SMILES string of the molecule is CCC(C)(CN)C(=O)N1CCC(C(F)(F)F)CC1. The lowest BCUT2D eigenvalue weighted by atomic mass is 9.84. The summed E-state index contributed by atoms with van der Waals surface area (Å²) in [6, 6.07) is 0. The van der Waals surface area contributed by atoms with Crippen molar-refractivity contribution in [3.8, 4) is 0 Å². The summed E-state index contributed by atoms with van der Waals surface area (Å²) in [4.78, 5) is 13.7. The van der Waals surface area contributed by atoms with Crippen LogP contribution in [-0.4, -0.2) is 36.6 Å². The number of likely N-dealkylation sites (tertiary alicyclic amines) is 1. The van der Waals surface area contributed by atoms with E-state index in [1.54, 1.807) is 6.92 Å². The third-order valence-electron chi connectivity index (χ3n) is 3.99. The first-order valence-corrected chi connectivity index (χ1v) is 6.30. The second kappa shape index (κ2) is 5.47. The third kappa shape index (κ3) is 3.16. The normalized spacial score (nSPS) is 21.8. The van der Waals surface area contributed by atoms with Gasteiger partial charge in [-0.15, -0.1) is 0 Å². The summed E-state index contributed by atoms with van der Waals surface area (Å²) in [5.74, 6) is -1.39. The highest BCUT2D eigenvalue weighted by atomic mass is 19.4. The van der Waals surface area contributed by atoms with Crippen LogP contribution in [0, 0.1) is 11.3 Å². The van der Waals surface area contributed by atoms with Gasteiger partial charge >= 0.3 is 6.18 Å². The molecule has 0 bridgehead atoms. The molecule has 1 heterocycles. The van der Waals surface area contributed by atoms with Crippen LogP contribution in [0.1, 0.15) is 33.1 Å². The van der Waals surface area contributed by atoms with Crippen molar-refractivity contribution < 1.29 is 18.0 Å². The van der Waals surface area contributed by atoms with Crippen molar-refractivity contribution in [1.29, 1.82) is 0 Å².